The van der Waals surface area contributed by atoms with E-state index in [1.54, 1.807) is 27.7 Å². The van der Waals surface area contributed by atoms with Gasteiger partial charge in [-0.05, 0) is 33.6 Å². The molecule has 0 spiro atoms. The predicted molar refractivity (Wildman–Crippen MR) is 144 cm³/mol. The van der Waals surface area contributed by atoms with Crippen molar-refractivity contribution in [3.05, 3.63) is 30.4 Å². The van der Waals surface area contributed by atoms with Gasteiger partial charge in [0.25, 0.3) is 0 Å². The standard InChI is InChI=1S/C26H34N8O4/c1-15(2)34-25-22(16(3)31-34)24(33-9-7-8-17(33)13-35)29-26(30-25)28-21-12-32(14-27-21)18-10-19(36-4)23(38-6)20(11-18)37-5/h10-12,14-15,17,35H,7-9,13H2,1-6H3,(H,28,29,30)/t17-/m0/s1. The number of rotatable bonds is 9. The number of aromatic nitrogens is 6. The molecule has 1 aliphatic heterocycles. The molecule has 0 saturated carbocycles. The topological polar surface area (TPSA) is 125 Å². The third kappa shape index (κ3) is 4.44. The van der Waals surface area contributed by atoms with Crippen molar-refractivity contribution < 1.29 is 19.3 Å². The van der Waals surface area contributed by atoms with E-state index in [1.807, 2.05) is 34.5 Å². The van der Waals surface area contributed by atoms with Gasteiger partial charge in [0.1, 0.15) is 12.1 Å². The number of nitrogens with one attached hydrogen (secondary N) is 1. The first-order valence-corrected chi connectivity index (χ1v) is 12.6. The monoisotopic (exact) mass is 522 g/mol. The molecule has 4 aromatic rings. The number of ether oxygens (including phenoxy) is 3. The van der Waals surface area contributed by atoms with Crippen LogP contribution >= 0.6 is 0 Å². The average molecular weight is 523 g/mol. The number of nitrogens with zero attached hydrogens (tertiary/aromatic N) is 7. The van der Waals surface area contributed by atoms with Crippen LogP contribution in [0.3, 0.4) is 0 Å². The van der Waals surface area contributed by atoms with Crippen LogP contribution < -0.4 is 24.4 Å². The van der Waals surface area contributed by atoms with Crippen LogP contribution in [0.4, 0.5) is 17.6 Å². The Hall–Kier alpha value is -4.06. The smallest absolute Gasteiger partial charge is 0.232 e. The molecule has 202 valence electrons. The molecule has 4 heterocycles. The van der Waals surface area contributed by atoms with Gasteiger partial charge in [-0.2, -0.15) is 15.1 Å². The molecule has 12 nitrogen and oxygen atoms in total. The molecule has 2 N–H and O–H groups in total. The fourth-order valence-corrected chi connectivity index (χ4v) is 4.97. The van der Waals surface area contributed by atoms with Gasteiger partial charge in [0, 0.05) is 24.7 Å². The highest BCUT2D eigenvalue weighted by Crippen LogP contribution is 2.39. The summed E-state index contributed by atoms with van der Waals surface area (Å²) in [6.07, 6.45) is 5.44. The van der Waals surface area contributed by atoms with Crippen LogP contribution in [0.2, 0.25) is 0 Å². The molecule has 38 heavy (non-hydrogen) atoms. The number of aliphatic hydroxyl groups is 1. The van der Waals surface area contributed by atoms with Gasteiger partial charge in [0.05, 0.1) is 56.9 Å². The Morgan fingerprint density at radius 3 is 2.47 bits per heavy atom. The third-order valence-electron chi connectivity index (χ3n) is 6.83. The quantitative estimate of drug-likeness (QED) is 0.337. The highest BCUT2D eigenvalue weighted by molar-refractivity contribution is 5.91. The van der Waals surface area contributed by atoms with Crippen molar-refractivity contribution in [1.29, 1.82) is 0 Å². The number of anilines is 3. The van der Waals surface area contributed by atoms with Crippen LogP contribution in [0.1, 0.15) is 38.4 Å². The molecule has 0 unspecified atom stereocenters. The summed E-state index contributed by atoms with van der Waals surface area (Å²) in [5, 5.41) is 18.9. The number of methoxy groups -OCH3 is 3. The molecule has 0 aliphatic carbocycles. The number of aliphatic hydroxyl groups excluding tert-OH is 1. The first kappa shape index (κ1) is 25.6. The number of hydrogen-bond donors (Lipinski definition) is 2. The van der Waals surface area contributed by atoms with Crippen LogP contribution in [-0.2, 0) is 0 Å². The lowest BCUT2D eigenvalue weighted by Crippen LogP contribution is -2.33. The molecular formula is C26H34N8O4. The van der Waals surface area contributed by atoms with Gasteiger partial charge in [-0.15, -0.1) is 0 Å². The normalized spacial score (nSPS) is 15.5. The first-order chi connectivity index (χ1) is 18.4. The lowest BCUT2D eigenvalue weighted by molar-refractivity contribution is 0.266. The first-order valence-electron chi connectivity index (χ1n) is 12.6. The van der Waals surface area contributed by atoms with Crippen LogP contribution in [0.25, 0.3) is 16.7 Å². The van der Waals surface area contributed by atoms with Crippen molar-refractivity contribution in [1.82, 2.24) is 29.3 Å². The molecule has 1 aliphatic rings. The zero-order valence-electron chi connectivity index (χ0n) is 22.6. The molecule has 0 bridgehead atoms. The Morgan fingerprint density at radius 2 is 1.84 bits per heavy atom. The molecule has 0 amide bonds. The van der Waals surface area contributed by atoms with E-state index in [4.69, 9.17) is 29.3 Å². The average Bonchev–Trinajstić information content (AvgIpc) is 3.66. The van der Waals surface area contributed by atoms with E-state index >= 15 is 0 Å². The Labute approximate surface area is 221 Å². The molecule has 1 fully saturated rings. The van der Waals surface area contributed by atoms with Crippen molar-refractivity contribution in [3.63, 3.8) is 0 Å². The minimum atomic E-state index is 0.0157. The van der Waals surface area contributed by atoms with E-state index in [2.05, 4.69) is 29.0 Å². The molecule has 0 radical (unpaired) electrons. The van der Waals surface area contributed by atoms with E-state index in [-0.39, 0.29) is 18.7 Å². The number of hydrogen-bond acceptors (Lipinski definition) is 10. The zero-order valence-corrected chi connectivity index (χ0v) is 22.6. The van der Waals surface area contributed by atoms with Crippen molar-refractivity contribution in [2.45, 2.75) is 45.7 Å². The second kappa shape index (κ2) is 10.4. The van der Waals surface area contributed by atoms with Gasteiger partial charge in [0.2, 0.25) is 11.7 Å². The van der Waals surface area contributed by atoms with Gasteiger partial charge in [0.15, 0.2) is 23.0 Å². The second-order valence-electron chi connectivity index (χ2n) is 9.54. The molecule has 12 heteroatoms. The number of aryl methyl sites for hydroxylation is 1. The summed E-state index contributed by atoms with van der Waals surface area (Å²) in [4.78, 5) is 16.4. The van der Waals surface area contributed by atoms with Crippen molar-refractivity contribution in [2.24, 2.45) is 0 Å². The molecule has 1 atom stereocenters. The van der Waals surface area contributed by atoms with E-state index in [1.165, 1.54) is 0 Å². The molecule has 1 aromatic carbocycles. The van der Waals surface area contributed by atoms with Gasteiger partial charge in [-0.3, -0.25) is 0 Å². The van der Waals surface area contributed by atoms with Crippen molar-refractivity contribution in [2.75, 3.05) is 44.7 Å². The largest absolute Gasteiger partial charge is 0.493 e. The van der Waals surface area contributed by atoms with Crippen LogP contribution in [-0.4, -0.2) is 74.9 Å². The van der Waals surface area contributed by atoms with Gasteiger partial charge < -0.3 is 34.1 Å². The summed E-state index contributed by atoms with van der Waals surface area (Å²) >= 11 is 0. The van der Waals surface area contributed by atoms with E-state index in [9.17, 15) is 5.11 Å². The summed E-state index contributed by atoms with van der Waals surface area (Å²) in [6.45, 7) is 7.02. The predicted octanol–water partition coefficient (Wildman–Crippen LogP) is 3.63. The number of fused-ring (bicyclic) bond motifs is 1. The summed E-state index contributed by atoms with van der Waals surface area (Å²) < 4.78 is 20.2. The van der Waals surface area contributed by atoms with Gasteiger partial charge in [-0.25, -0.2) is 9.67 Å². The van der Waals surface area contributed by atoms with Gasteiger partial charge in [-0.1, -0.05) is 0 Å². The Kier molecular flexibility index (Phi) is 6.98. The lowest BCUT2D eigenvalue weighted by atomic mass is 10.2. The fourth-order valence-electron chi connectivity index (χ4n) is 4.97. The fraction of sp³-hybridized carbons (Fsp3) is 0.462. The van der Waals surface area contributed by atoms with Crippen molar-refractivity contribution in [3.8, 4) is 22.9 Å². The van der Waals surface area contributed by atoms with Crippen LogP contribution in [0.15, 0.2) is 24.7 Å². The summed E-state index contributed by atoms with van der Waals surface area (Å²) in [5.41, 5.74) is 2.40. The minimum Gasteiger partial charge on any atom is -0.493 e. The van der Waals surface area contributed by atoms with E-state index < -0.39 is 0 Å². The molecular weight excluding hydrogens is 488 g/mol. The van der Waals surface area contributed by atoms with Crippen LogP contribution in [0.5, 0.6) is 17.2 Å². The summed E-state index contributed by atoms with van der Waals surface area (Å²) in [5.74, 6) is 3.37. The third-order valence-corrected chi connectivity index (χ3v) is 6.83. The molecule has 1 saturated heterocycles. The Bertz CT molecular complexity index is 1420. The van der Waals surface area contributed by atoms with Crippen LogP contribution in [0, 0.1) is 6.92 Å². The molecule has 5 rings (SSSR count). The van der Waals surface area contributed by atoms with E-state index in [0.29, 0.717) is 29.0 Å². The minimum absolute atomic E-state index is 0.0157. The highest BCUT2D eigenvalue weighted by atomic mass is 16.5. The summed E-state index contributed by atoms with van der Waals surface area (Å²) in [7, 11) is 4.73. The second-order valence-corrected chi connectivity index (χ2v) is 9.54. The van der Waals surface area contributed by atoms with Crippen molar-refractivity contribution >= 4 is 28.6 Å². The zero-order chi connectivity index (χ0) is 27.0. The summed E-state index contributed by atoms with van der Waals surface area (Å²) in [6, 6.07) is 3.83. The molecule has 3 aromatic heterocycles. The maximum absolute atomic E-state index is 10.00. The Morgan fingerprint density at radius 1 is 1.11 bits per heavy atom. The SMILES string of the molecule is COc1cc(-n2cnc(Nc3nc(N4CCC[C@H]4CO)c4c(C)nn(C(C)C)c4n3)c2)cc(OC)c1OC. The maximum Gasteiger partial charge on any atom is 0.232 e. The highest BCUT2D eigenvalue weighted by Gasteiger charge is 2.29. The maximum atomic E-state index is 10.00. The lowest BCUT2D eigenvalue weighted by Gasteiger charge is -2.25. The number of benzene rings is 1. The van der Waals surface area contributed by atoms with Gasteiger partial charge >= 0.3 is 0 Å². The van der Waals surface area contributed by atoms with E-state index in [0.717, 1.165) is 47.6 Å². The Balaban J connectivity index is 1.54. The number of imidazole rings is 1.